The van der Waals surface area contributed by atoms with Gasteiger partial charge in [-0.3, -0.25) is 4.79 Å². The van der Waals surface area contributed by atoms with Crippen LogP contribution < -0.4 is 5.32 Å². The second-order valence-electron chi connectivity index (χ2n) is 8.38. The Hall–Kier alpha value is -1.65. The van der Waals surface area contributed by atoms with Gasteiger partial charge in [-0.15, -0.1) is 0 Å². The predicted molar refractivity (Wildman–Crippen MR) is 98.3 cm³/mol. The summed E-state index contributed by atoms with van der Waals surface area (Å²) in [6.45, 7) is 6.71. The third kappa shape index (κ3) is 2.54. The number of benzene rings is 1. The van der Waals surface area contributed by atoms with Gasteiger partial charge < -0.3 is 15.1 Å². The summed E-state index contributed by atoms with van der Waals surface area (Å²) in [5.41, 5.74) is 1.42. The number of carbonyl (C=O) groups is 1. The molecule has 3 atom stereocenters. The van der Waals surface area contributed by atoms with Gasteiger partial charge in [0.25, 0.3) is 0 Å². The fourth-order valence-corrected chi connectivity index (χ4v) is 5.67. The summed E-state index contributed by atoms with van der Waals surface area (Å²) in [4.78, 5) is 18.2. The molecule has 5 aliphatic rings. The molecule has 4 bridgehead atoms. The standard InChI is InChI=1S/C21H27N3O/c25-20(16-6-4-5-7-16)22-19-17-12-23-10-11-24(13-17)15-21(19,14-23)18-8-2-1-3-9-18/h1-5,8-9,16-17,19H,6-7,10-15H2,(H,22,25)/t17?,19-,21?/m0/s1. The van der Waals surface area contributed by atoms with Crippen molar-refractivity contribution in [3.63, 3.8) is 0 Å². The van der Waals surface area contributed by atoms with E-state index in [2.05, 4.69) is 57.6 Å². The van der Waals surface area contributed by atoms with Crippen LogP contribution in [0.15, 0.2) is 42.5 Å². The van der Waals surface area contributed by atoms with Crippen molar-refractivity contribution >= 4 is 5.91 Å². The molecule has 4 nitrogen and oxygen atoms in total. The van der Waals surface area contributed by atoms with Gasteiger partial charge in [0.1, 0.15) is 0 Å². The van der Waals surface area contributed by atoms with E-state index in [9.17, 15) is 4.79 Å². The number of nitrogens with zero attached hydrogens (tertiary/aromatic N) is 2. The Balaban J connectivity index is 1.50. The summed E-state index contributed by atoms with van der Waals surface area (Å²) in [6.07, 6.45) is 6.10. The third-order valence-electron chi connectivity index (χ3n) is 6.82. The summed E-state index contributed by atoms with van der Waals surface area (Å²) in [5.74, 6) is 0.942. The molecule has 2 unspecified atom stereocenters. The molecule has 1 aromatic rings. The van der Waals surface area contributed by atoms with E-state index in [4.69, 9.17) is 0 Å². The largest absolute Gasteiger partial charge is 0.352 e. The molecule has 4 saturated heterocycles. The molecule has 1 aromatic carbocycles. The highest BCUT2D eigenvalue weighted by Crippen LogP contribution is 2.43. The normalized spacial score (nSPS) is 39.5. The van der Waals surface area contributed by atoms with E-state index >= 15 is 0 Å². The van der Waals surface area contributed by atoms with Gasteiger partial charge in [0.2, 0.25) is 5.91 Å². The number of carbonyl (C=O) groups excluding carboxylic acids is 1. The number of rotatable bonds is 3. The van der Waals surface area contributed by atoms with Crippen LogP contribution in [0.3, 0.4) is 0 Å². The van der Waals surface area contributed by atoms with Crippen molar-refractivity contribution in [3.05, 3.63) is 48.0 Å². The molecule has 0 saturated carbocycles. The van der Waals surface area contributed by atoms with Crippen molar-refractivity contribution in [2.45, 2.75) is 24.3 Å². The number of allylic oxidation sites excluding steroid dienone is 2. The lowest BCUT2D eigenvalue weighted by Crippen LogP contribution is -2.71. The second-order valence-corrected chi connectivity index (χ2v) is 8.38. The summed E-state index contributed by atoms with van der Waals surface area (Å²) < 4.78 is 0. The van der Waals surface area contributed by atoms with Crippen LogP contribution in [0, 0.1) is 11.8 Å². The average molecular weight is 337 g/mol. The fourth-order valence-electron chi connectivity index (χ4n) is 5.67. The van der Waals surface area contributed by atoms with E-state index < -0.39 is 0 Å². The van der Waals surface area contributed by atoms with Crippen LogP contribution in [0.25, 0.3) is 0 Å². The van der Waals surface area contributed by atoms with Crippen LogP contribution in [0.5, 0.6) is 0 Å². The molecule has 6 rings (SSSR count). The summed E-state index contributed by atoms with van der Waals surface area (Å²) in [6, 6.07) is 11.2. The Kier molecular flexibility index (Phi) is 3.72. The van der Waals surface area contributed by atoms with Gasteiger partial charge in [-0.2, -0.15) is 0 Å². The smallest absolute Gasteiger partial charge is 0.223 e. The molecular weight excluding hydrogens is 310 g/mol. The van der Waals surface area contributed by atoms with Gasteiger partial charge in [0.15, 0.2) is 0 Å². The van der Waals surface area contributed by atoms with Crippen LogP contribution >= 0.6 is 0 Å². The third-order valence-corrected chi connectivity index (χ3v) is 6.82. The van der Waals surface area contributed by atoms with Crippen molar-refractivity contribution in [2.24, 2.45) is 11.8 Å². The van der Waals surface area contributed by atoms with Crippen LogP contribution in [0.2, 0.25) is 0 Å². The highest BCUT2D eigenvalue weighted by molar-refractivity contribution is 5.80. The molecule has 4 aliphatic heterocycles. The molecular formula is C21H27N3O. The first-order chi connectivity index (χ1) is 12.2. The zero-order valence-corrected chi connectivity index (χ0v) is 14.7. The van der Waals surface area contributed by atoms with E-state index in [1.165, 1.54) is 5.56 Å². The minimum atomic E-state index is 0.0284. The zero-order valence-electron chi connectivity index (χ0n) is 14.7. The SMILES string of the molecule is O=C(N[C@H]1C2CN3CCN(C2)CC1(c1ccccc1)C3)C1CC=CC1. The van der Waals surface area contributed by atoms with Crippen molar-refractivity contribution < 1.29 is 4.79 Å². The maximum Gasteiger partial charge on any atom is 0.223 e. The van der Waals surface area contributed by atoms with E-state index in [1.807, 2.05) is 0 Å². The molecule has 4 fully saturated rings. The fraction of sp³-hybridized carbons (Fsp3) is 0.571. The maximum absolute atomic E-state index is 12.9. The highest BCUT2D eigenvalue weighted by atomic mass is 16.2. The Morgan fingerprint density at radius 2 is 1.64 bits per heavy atom. The number of hydrogen-bond donors (Lipinski definition) is 1. The predicted octanol–water partition coefficient (Wildman–Crippen LogP) is 1.64. The lowest BCUT2D eigenvalue weighted by molar-refractivity contribution is -0.128. The van der Waals surface area contributed by atoms with Gasteiger partial charge in [-0.25, -0.2) is 0 Å². The van der Waals surface area contributed by atoms with Crippen LogP contribution in [0.1, 0.15) is 18.4 Å². The van der Waals surface area contributed by atoms with Gasteiger partial charge in [-0.1, -0.05) is 42.5 Å². The Bertz CT molecular complexity index is 662. The van der Waals surface area contributed by atoms with E-state index in [-0.39, 0.29) is 23.3 Å². The molecule has 132 valence electrons. The summed E-state index contributed by atoms with van der Waals surface area (Å²) >= 11 is 0. The number of piperidine rings is 2. The quantitative estimate of drug-likeness (QED) is 0.852. The first-order valence-electron chi connectivity index (χ1n) is 9.70. The number of amides is 1. The highest BCUT2D eigenvalue weighted by Gasteiger charge is 2.55. The Labute approximate surface area is 149 Å². The lowest BCUT2D eigenvalue weighted by Gasteiger charge is -2.56. The topological polar surface area (TPSA) is 35.6 Å². The van der Waals surface area contributed by atoms with Crippen molar-refractivity contribution in [1.29, 1.82) is 0 Å². The first-order valence-corrected chi connectivity index (χ1v) is 9.70. The minimum absolute atomic E-state index is 0.0284. The molecule has 1 N–H and O–H groups in total. The van der Waals surface area contributed by atoms with Gasteiger partial charge in [0.05, 0.1) is 0 Å². The molecule has 25 heavy (non-hydrogen) atoms. The van der Waals surface area contributed by atoms with E-state index in [1.54, 1.807) is 0 Å². The zero-order chi connectivity index (χ0) is 16.9. The number of nitrogens with one attached hydrogen (secondary N) is 1. The summed E-state index contributed by atoms with van der Waals surface area (Å²) in [5, 5.41) is 3.54. The Morgan fingerprint density at radius 3 is 2.28 bits per heavy atom. The van der Waals surface area contributed by atoms with E-state index in [0.717, 1.165) is 52.1 Å². The summed E-state index contributed by atoms with van der Waals surface area (Å²) in [7, 11) is 0. The van der Waals surface area contributed by atoms with Crippen LogP contribution in [0.4, 0.5) is 0 Å². The minimum Gasteiger partial charge on any atom is -0.352 e. The first kappa shape index (κ1) is 15.6. The monoisotopic (exact) mass is 337 g/mol. The van der Waals surface area contributed by atoms with Gasteiger partial charge >= 0.3 is 0 Å². The van der Waals surface area contributed by atoms with Crippen LogP contribution in [-0.4, -0.2) is 61.0 Å². The molecule has 0 aromatic heterocycles. The molecule has 0 radical (unpaired) electrons. The number of hydrogen-bond acceptors (Lipinski definition) is 3. The average Bonchev–Trinajstić information content (AvgIpc) is 3.05. The van der Waals surface area contributed by atoms with Crippen molar-refractivity contribution in [2.75, 3.05) is 39.3 Å². The molecule has 1 aliphatic carbocycles. The van der Waals surface area contributed by atoms with Crippen molar-refractivity contribution in [3.8, 4) is 0 Å². The van der Waals surface area contributed by atoms with E-state index in [0.29, 0.717) is 5.92 Å². The molecule has 0 spiro atoms. The Morgan fingerprint density at radius 1 is 1.00 bits per heavy atom. The number of fused-ring (bicyclic) bond motifs is 1. The second kappa shape index (κ2) is 5.96. The van der Waals surface area contributed by atoms with Gasteiger partial charge in [0, 0.05) is 62.6 Å². The van der Waals surface area contributed by atoms with Crippen LogP contribution in [-0.2, 0) is 10.2 Å². The molecule has 4 heterocycles. The lowest BCUT2D eigenvalue weighted by atomic mass is 9.64. The van der Waals surface area contributed by atoms with Gasteiger partial charge in [-0.05, 0) is 18.4 Å². The maximum atomic E-state index is 12.9. The van der Waals surface area contributed by atoms with Crippen molar-refractivity contribution in [1.82, 2.24) is 15.1 Å². The molecule has 4 heteroatoms. The molecule has 1 amide bonds.